The molecule has 26 heavy (non-hydrogen) atoms. The van der Waals surface area contributed by atoms with Crippen LogP contribution in [0, 0.1) is 0 Å². The van der Waals surface area contributed by atoms with E-state index in [2.05, 4.69) is 10.6 Å². The molecule has 0 aliphatic heterocycles. The van der Waals surface area contributed by atoms with E-state index in [4.69, 9.17) is 9.88 Å². The van der Waals surface area contributed by atoms with E-state index in [1.165, 1.54) is 12.1 Å². The van der Waals surface area contributed by atoms with Crippen molar-refractivity contribution < 1.29 is 17.9 Å². The number of carbonyl (C=O) groups is 1. The monoisotopic (exact) mass is 377 g/mol. The predicted molar refractivity (Wildman–Crippen MR) is 101 cm³/mol. The molecule has 0 aromatic heterocycles. The molecule has 0 spiro atoms. The first-order valence-corrected chi connectivity index (χ1v) is 9.72. The lowest BCUT2D eigenvalue weighted by Crippen LogP contribution is -2.30. The van der Waals surface area contributed by atoms with Crippen LogP contribution < -0.4 is 20.5 Å². The average molecular weight is 377 g/mol. The predicted octanol–water partition coefficient (Wildman–Crippen LogP) is 2.49. The van der Waals surface area contributed by atoms with Gasteiger partial charge in [-0.25, -0.2) is 18.4 Å². The van der Waals surface area contributed by atoms with Gasteiger partial charge in [0.05, 0.1) is 16.7 Å². The van der Waals surface area contributed by atoms with E-state index in [1.807, 2.05) is 26.0 Å². The number of hydrogen-bond donors (Lipinski definition) is 3. The summed E-state index contributed by atoms with van der Waals surface area (Å²) in [6, 6.07) is 13.1. The summed E-state index contributed by atoms with van der Waals surface area (Å²) >= 11 is 0. The number of anilines is 1. The van der Waals surface area contributed by atoms with Gasteiger partial charge in [0.15, 0.2) is 0 Å². The van der Waals surface area contributed by atoms with Gasteiger partial charge in [-0.3, -0.25) is 0 Å². The van der Waals surface area contributed by atoms with E-state index in [-0.39, 0.29) is 17.0 Å². The largest absolute Gasteiger partial charge is 0.489 e. The summed E-state index contributed by atoms with van der Waals surface area (Å²) in [6.07, 6.45) is 0.559. The quantitative estimate of drug-likeness (QED) is 0.688. The number of amides is 2. The molecule has 0 aliphatic carbocycles. The fourth-order valence-corrected chi connectivity index (χ4v) is 2.77. The highest BCUT2D eigenvalue weighted by Crippen LogP contribution is 2.24. The Labute approximate surface area is 153 Å². The summed E-state index contributed by atoms with van der Waals surface area (Å²) < 4.78 is 28.1. The fraction of sp³-hybridized carbons (Fsp3) is 0.278. The molecule has 140 valence electrons. The molecule has 2 aromatic carbocycles. The number of para-hydroxylation sites is 2. The molecule has 2 aromatic rings. The van der Waals surface area contributed by atoms with Gasteiger partial charge in [0.25, 0.3) is 0 Å². The standard InChI is InChI=1S/C18H23N3O4S/c1-13(2)25-17-6-4-3-5-16(17)21-18(22)20-12-11-14-7-9-15(10-8-14)26(19,23)24/h3-10,13H,11-12H2,1-2H3,(H2,19,23,24)(H2,20,21,22). The Hall–Kier alpha value is -2.58. The van der Waals surface area contributed by atoms with Crippen molar-refractivity contribution in [1.29, 1.82) is 0 Å². The summed E-state index contributed by atoms with van der Waals surface area (Å²) in [5.74, 6) is 0.608. The third-order valence-electron chi connectivity index (χ3n) is 3.45. The number of sulfonamides is 1. The topological polar surface area (TPSA) is 111 Å². The molecule has 0 radical (unpaired) electrons. The fourth-order valence-electron chi connectivity index (χ4n) is 2.26. The lowest BCUT2D eigenvalue weighted by molar-refractivity contribution is 0.241. The van der Waals surface area contributed by atoms with Crippen LogP contribution in [0.15, 0.2) is 53.4 Å². The van der Waals surface area contributed by atoms with Crippen LogP contribution in [0.1, 0.15) is 19.4 Å². The number of primary sulfonamides is 1. The Kier molecular flexibility index (Phi) is 6.59. The van der Waals surface area contributed by atoms with Gasteiger partial charge in [-0.2, -0.15) is 0 Å². The summed E-state index contributed by atoms with van der Waals surface area (Å²) in [7, 11) is -3.69. The summed E-state index contributed by atoms with van der Waals surface area (Å²) in [4.78, 5) is 12.1. The van der Waals surface area contributed by atoms with Gasteiger partial charge in [-0.1, -0.05) is 24.3 Å². The number of ether oxygens (including phenoxy) is 1. The lowest BCUT2D eigenvalue weighted by Gasteiger charge is -2.15. The minimum atomic E-state index is -3.69. The van der Waals surface area contributed by atoms with Crippen molar-refractivity contribution in [2.75, 3.05) is 11.9 Å². The van der Waals surface area contributed by atoms with Gasteiger partial charge < -0.3 is 15.4 Å². The van der Waals surface area contributed by atoms with Crippen LogP contribution >= 0.6 is 0 Å². The maximum atomic E-state index is 12.1. The number of nitrogens with one attached hydrogen (secondary N) is 2. The van der Waals surface area contributed by atoms with Crippen molar-refractivity contribution >= 4 is 21.7 Å². The van der Waals surface area contributed by atoms with Crippen molar-refractivity contribution in [3.05, 3.63) is 54.1 Å². The highest BCUT2D eigenvalue weighted by molar-refractivity contribution is 7.89. The Morgan fingerprint density at radius 1 is 1.12 bits per heavy atom. The second kappa shape index (κ2) is 8.68. The summed E-state index contributed by atoms with van der Waals surface area (Å²) in [6.45, 7) is 4.23. The van der Waals surface area contributed by atoms with Gasteiger partial charge in [-0.05, 0) is 50.1 Å². The molecule has 0 unspecified atom stereocenters. The third kappa shape index (κ3) is 6.05. The Bertz CT molecular complexity index is 849. The molecular weight excluding hydrogens is 354 g/mol. The molecule has 0 aliphatic rings. The Morgan fingerprint density at radius 2 is 1.77 bits per heavy atom. The minimum absolute atomic E-state index is 0.00122. The van der Waals surface area contributed by atoms with E-state index >= 15 is 0 Å². The number of hydrogen-bond acceptors (Lipinski definition) is 4. The van der Waals surface area contributed by atoms with Gasteiger partial charge in [0, 0.05) is 6.54 Å². The third-order valence-corrected chi connectivity index (χ3v) is 4.38. The highest BCUT2D eigenvalue weighted by atomic mass is 32.2. The van der Waals surface area contributed by atoms with Crippen molar-refractivity contribution in [3.8, 4) is 5.75 Å². The van der Waals surface area contributed by atoms with E-state index in [1.54, 1.807) is 24.3 Å². The lowest BCUT2D eigenvalue weighted by atomic mass is 10.1. The zero-order chi connectivity index (χ0) is 19.2. The zero-order valence-electron chi connectivity index (χ0n) is 14.7. The molecule has 0 heterocycles. The van der Waals surface area contributed by atoms with Crippen LogP contribution in [0.2, 0.25) is 0 Å². The molecule has 0 fully saturated rings. The molecule has 2 rings (SSSR count). The Morgan fingerprint density at radius 3 is 2.38 bits per heavy atom. The van der Waals surface area contributed by atoms with Crippen molar-refractivity contribution in [2.24, 2.45) is 5.14 Å². The number of urea groups is 1. The molecule has 4 N–H and O–H groups in total. The van der Waals surface area contributed by atoms with Crippen LogP contribution in [0.25, 0.3) is 0 Å². The summed E-state index contributed by atoms with van der Waals surface area (Å²) in [5.41, 5.74) is 1.48. The maximum absolute atomic E-state index is 12.1. The second-order valence-corrected chi connectivity index (χ2v) is 7.54. The van der Waals surface area contributed by atoms with Crippen LogP contribution in [0.5, 0.6) is 5.75 Å². The zero-order valence-corrected chi connectivity index (χ0v) is 15.5. The molecular formula is C18H23N3O4S. The van der Waals surface area contributed by atoms with E-state index < -0.39 is 10.0 Å². The molecule has 0 atom stereocenters. The van der Waals surface area contributed by atoms with Gasteiger partial charge in [-0.15, -0.1) is 0 Å². The van der Waals surface area contributed by atoms with Gasteiger partial charge >= 0.3 is 6.03 Å². The number of benzene rings is 2. The van der Waals surface area contributed by atoms with Gasteiger partial charge in [0.1, 0.15) is 5.75 Å². The van der Waals surface area contributed by atoms with Crippen LogP contribution in [-0.4, -0.2) is 27.1 Å². The molecule has 0 saturated carbocycles. The van der Waals surface area contributed by atoms with E-state index in [0.717, 1.165) is 5.56 Å². The van der Waals surface area contributed by atoms with Crippen LogP contribution in [-0.2, 0) is 16.4 Å². The van der Waals surface area contributed by atoms with E-state index in [9.17, 15) is 13.2 Å². The molecule has 8 heteroatoms. The molecule has 0 saturated heterocycles. The first-order chi connectivity index (χ1) is 12.3. The SMILES string of the molecule is CC(C)Oc1ccccc1NC(=O)NCCc1ccc(S(N)(=O)=O)cc1. The normalized spacial score (nSPS) is 11.2. The second-order valence-electron chi connectivity index (χ2n) is 5.98. The highest BCUT2D eigenvalue weighted by Gasteiger charge is 2.09. The number of nitrogens with two attached hydrogens (primary N) is 1. The number of carbonyl (C=O) groups excluding carboxylic acids is 1. The summed E-state index contributed by atoms with van der Waals surface area (Å²) in [5, 5.41) is 10.6. The smallest absolute Gasteiger partial charge is 0.319 e. The van der Waals surface area contributed by atoms with Crippen molar-refractivity contribution in [2.45, 2.75) is 31.3 Å². The minimum Gasteiger partial charge on any atom is -0.489 e. The Balaban J connectivity index is 1.86. The average Bonchev–Trinajstić information content (AvgIpc) is 2.56. The van der Waals surface area contributed by atoms with Crippen LogP contribution in [0.4, 0.5) is 10.5 Å². The molecule has 2 amide bonds. The van der Waals surface area contributed by atoms with Crippen LogP contribution in [0.3, 0.4) is 0 Å². The number of rotatable bonds is 7. The van der Waals surface area contributed by atoms with E-state index in [0.29, 0.717) is 24.4 Å². The first-order valence-electron chi connectivity index (χ1n) is 8.18. The molecule has 7 nitrogen and oxygen atoms in total. The maximum Gasteiger partial charge on any atom is 0.319 e. The van der Waals surface area contributed by atoms with Crippen molar-refractivity contribution in [3.63, 3.8) is 0 Å². The molecule has 0 bridgehead atoms. The first kappa shape index (κ1) is 19.7. The van der Waals surface area contributed by atoms with Gasteiger partial charge in [0.2, 0.25) is 10.0 Å². The van der Waals surface area contributed by atoms with Crippen molar-refractivity contribution in [1.82, 2.24) is 5.32 Å².